The van der Waals surface area contributed by atoms with E-state index in [0.717, 1.165) is 19.6 Å². The van der Waals surface area contributed by atoms with E-state index in [1.807, 2.05) is 0 Å². The number of rotatable bonds is 4. The van der Waals surface area contributed by atoms with Crippen molar-refractivity contribution in [1.82, 2.24) is 10.2 Å². The Hall–Kier alpha value is -0.680. The first-order valence-electron chi connectivity index (χ1n) is 6.21. The molecule has 1 atom stereocenters. The van der Waals surface area contributed by atoms with Crippen LogP contribution in [0, 0.1) is 5.82 Å². The summed E-state index contributed by atoms with van der Waals surface area (Å²) in [6.07, 6.45) is 0.694. The molecule has 1 fully saturated rings. The van der Waals surface area contributed by atoms with Gasteiger partial charge in [0.25, 0.3) is 0 Å². The minimum absolute atomic E-state index is 0.147. The van der Waals surface area contributed by atoms with Gasteiger partial charge in [-0.05, 0) is 18.6 Å². The second kappa shape index (κ2) is 6.48. The lowest BCUT2D eigenvalue weighted by Crippen LogP contribution is -2.51. The van der Waals surface area contributed by atoms with Crippen molar-refractivity contribution in [2.45, 2.75) is 19.0 Å². The average Bonchev–Trinajstić information content (AvgIpc) is 2.36. The summed E-state index contributed by atoms with van der Waals surface area (Å²) < 4.78 is 13.7. The van der Waals surface area contributed by atoms with E-state index in [2.05, 4.69) is 10.2 Å². The Labute approximate surface area is 112 Å². The van der Waals surface area contributed by atoms with Crippen molar-refractivity contribution in [3.8, 4) is 0 Å². The largest absolute Gasteiger partial charge is 0.396 e. The van der Waals surface area contributed by atoms with Crippen LogP contribution in [0.2, 0.25) is 5.02 Å². The van der Waals surface area contributed by atoms with Crippen molar-refractivity contribution in [3.63, 3.8) is 0 Å². The maximum atomic E-state index is 13.7. The highest BCUT2D eigenvalue weighted by molar-refractivity contribution is 6.31. The van der Waals surface area contributed by atoms with Gasteiger partial charge < -0.3 is 10.4 Å². The first-order chi connectivity index (χ1) is 8.72. The number of hydrogen-bond donors (Lipinski definition) is 2. The summed E-state index contributed by atoms with van der Waals surface area (Å²) in [6.45, 7) is 3.20. The van der Waals surface area contributed by atoms with Gasteiger partial charge in [-0.25, -0.2) is 4.39 Å². The van der Waals surface area contributed by atoms with Crippen LogP contribution in [0.3, 0.4) is 0 Å². The Morgan fingerprint density at radius 3 is 3.06 bits per heavy atom. The van der Waals surface area contributed by atoms with Crippen LogP contribution >= 0.6 is 11.6 Å². The van der Waals surface area contributed by atoms with Gasteiger partial charge in [0, 0.05) is 49.4 Å². The molecule has 0 amide bonds. The molecule has 1 heterocycles. The van der Waals surface area contributed by atoms with E-state index in [0.29, 0.717) is 23.6 Å². The number of nitrogens with one attached hydrogen (secondary N) is 1. The molecular weight excluding hydrogens is 255 g/mol. The van der Waals surface area contributed by atoms with E-state index < -0.39 is 0 Å². The molecule has 0 radical (unpaired) electrons. The zero-order valence-corrected chi connectivity index (χ0v) is 11.0. The van der Waals surface area contributed by atoms with Crippen LogP contribution in [0.25, 0.3) is 0 Å². The molecule has 0 spiro atoms. The van der Waals surface area contributed by atoms with Gasteiger partial charge in [0.15, 0.2) is 0 Å². The molecular formula is C13H18ClFN2O. The fraction of sp³-hybridized carbons (Fsp3) is 0.538. The third kappa shape index (κ3) is 3.20. The van der Waals surface area contributed by atoms with Gasteiger partial charge in [-0.15, -0.1) is 0 Å². The molecule has 1 aliphatic heterocycles. The molecule has 0 aromatic heterocycles. The maximum absolute atomic E-state index is 13.7. The Kier molecular flexibility index (Phi) is 4.95. The van der Waals surface area contributed by atoms with Crippen LogP contribution in [-0.2, 0) is 6.54 Å². The van der Waals surface area contributed by atoms with E-state index in [1.54, 1.807) is 12.1 Å². The van der Waals surface area contributed by atoms with E-state index in [-0.39, 0.29) is 18.5 Å². The van der Waals surface area contributed by atoms with Crippen molar-refractivity contribution < 1.29 is 9.50 Å². The van der Waals surface area contributed by atoms with E-state index >= 15 is 0 Å². The van der Waals surface area contributed by atoms with Gasteiger partial charge in [0.2, 0.25) is 0 Å². The van der Waals surface area contributed by atoms with Crippen molar-refractivity contribution in [1.29, 1.82) is 0 Å². The van der Waals surface area contributed by atoms with E-state index in [4.69, 9.17) is 16.7 Å². The normalized spacial score (nSPS) is 21.2. The van der Waals surface area contributed by atoms with Crippen molar-refractivity contribution in [3.05, 3.63) is 34.6 Å². The van der Waals surface area contributed by atoms with Crippen molar-refractivity contribution in [2.24, 2.45) is 0 Å². The first-order valence-corrected chi connectivity index (χ1v) is 6.58. The number of aliphatic hydroxyl groups is 1. The number of nitrogens with zero attached hydrogens (tertiary/aromatic N) is 1. The SMILES string of the molecule is OCCC1CNCCN1Cc1c(F)cccc1Cl. The van der Waals surface area contributed by atoms with Gasteiger partial charge in [0.05, 0.1) is 0 Å². The summed E-state index contributed by atoms with van der Waals surface area (Å²) in [5, 5.41) is 12.8. The molecule has 1 aromatic rings. The standard InChI is InChI=1S/C13H18ClFN2O/c14-12-2-1-3-13(15)11(12)9-17-6-5-16-8-10(17)4-7-18/h1-3,10,16,18H,4-9H2. The number of hydrogen-bond acceptors (Lipinski definition) is 3. The van der Waals surface area contributed by atoms with E-state index in [1.165, 1.54) is 6.07 Å². The predicted octanol–water partition coefficient (Wildman–Crippen LogP) is 1.64. The molecule has 1 unspecified atom stereocenters. The van der Waals surface area contributed by atoms with Crippen LogP contribution < -0.4 is 5.32 Å². The molecule has 5 heteroatoms. The lowest BCUT2D eigenvalue weighted by molar-refractivity contribution is 0.122. The Morgan fingerprint density at radius 1 is 1.50 bits per heavy atom. The van der Waals surface area contributed by atoms with Gasteiger partial charge in [0.1, 0.15) is 5.82 Å². The van der Waals surface area contributed by atoms with Crippen LogP contribution in [0.1, 0.15) is 12.0 Å². The molecule has 0 aliphatic carbocycles. The molecule has 1 aliphatic rings. The Balaban J connectivity index is 2.11. The summed E-state index contributed by atoms with van der Waals surface area (Å²) in [5.41, 5.74) is 0.545. The second-order valence-corrected chi connectivity index (χ2v) is 4.95. The highest BCUT2D eigenvalue weighted by atomic mass is 35.5. The molecule has 2 rings (SSSR count). The average molecular weight is 273 g/mol. The number of piperazine rings is 1. The third-order valence-electron chi connectivity index (χ3n) is 3.36. The minimum Gasteiger partial charge on any atom is -0.396 e. The molecule has 3 nitrogen and oxygen atoms in total. The molecule has 100 valence electrons. The lowest BCUT2D eigenvalue weighted by atomic mass is 10.1. The summed E-state index contributed by atoms with van der Waals surface area (Å²) in [4.78, 5) is 2.18. The van der Waals surface area contributed by atoms with Crippen LogP contribution in [0.15, 0.2) is 18.2 Å². The van der Waals surface area contributed by atoms with Crippen LogP contribution in [0.4, 0.5) is 4.39 Å². The molecule has 1 aromatic carbocycles. The minimum atomic E-state index is -0.260. The molecule has 18 heavy (non-hydrogen) atoms. The number of benzene rings is 1. The predicted molar refractivity (Wildman–Crippen MR) is 70.2 cm³/mol. The highest BCUT2D eigenvalue weighted by Gasteiger charge is 2.23. The summed E-state index contributed by atoms with van der Waals surface area (Å²) in [6, 6.07) is 5.00. The first kappa shape index (κ1) is 13.7. The Morgan fingerprint density at radius 2 is 2.33 bits per heavy atom. The number of halogens is 2. The third-order valence-corrected chi connectivity index (χ3v) is 3.71. The zero-order chi connectivity index (χ0) is 13.0. The number of aliphatic hydroxyl groups excluding tert-OH is 1. The summed E-state index contributed by atoms with van der Waals surface area (Å²) >= 11 is 6.04. The summed E-state index contributed by atoms with van der Waals surface area (Å²) in [7, 11) is 0. The fourth-order valence-electron chi connectivity index (χ4n) is 2.33. The monoisotopic (exact) mass is 272 g/mol. The van der Waals surface area contributed by atoms with Crippen LogP contribution in [0.5, 0.6) is 0 Å². The molecule has 2 N–H and O–H groups in total. The zero-order valence-electron chi connectivity index (χ0n) is 10.2. The van der Waals surface area contributed by atoms with Crippen molar-refractivity contribution >= 4 is 11.6 Å². The van der Waals surface area contributed by atoms with Gasteiger partial charge in [-0.2, -0.15) is 0 Å². The quantitative estimate of drug-likeness (QED) is 0.875. The van der Waals surface area contributed by atoms with E-state index in [9.17, 15) is 4.39 Å². The van der Waals surface area contributed by atoms with Gasteiger partial charge >= 0.3 is 0 Å². The van der Waals surface area contributed by atoms with Crippen LogP contribution in [-0.4, -0.2) is 42.3 Å². The summed E-state index contributed by atoms with van der Waals surface area (Å²) in [5.74, 6) is -0.260. The fourth-order valence-corrected chi connectivity index (χ4v) is 2.55. The topological polar surface area (TPSA) is 35.5 Å². The lowest BCUT2D eigenvalue weighted by Gasteiger charge is -2.36. The van der Waals surface area contributed by atoms with Gasteiger partial charge in [-0.1, -0.05) is 17.7 Å². The Bertz CT molecular complexity index is 380. The second-order valence-electron chi connectivity index (χ2n) is 4.54. The van der Waals surface area contributed by atoms with Gasteiger partial charge in [-0.3, -0.25) is 4.90 Å². The highest BCUT2D eigenvalue weighted by Crippen LogP contribution is 2.22. The van der Waals surface area contributed by atoms with Crippen molar-refractivity contribution in [2.75, 3.05) is 26.2 Å². The smallest absolute Gasteiger partial charge is 0.129 e. The molecule has 0 saturated carbocycles. The maximum Gasteiger partial charge on any atom is 0.129 e. The molecule has 0 bridgehead atoms. The molecule has 1 saturated heterocycles.